The van der Waals surface area contributed by atoms with Crippen molar-refractivity contribution in [1.82, 2.24) is 9.78 Å². The molecular formula is C4H7N5O2. The van der Waals surface area contributed by atoms with Crippen molar-refractivity contribution in [3.63, 3.8) is 0 Å². The Hall–Kier alpha value is -1.63. The van der Waals surface area contributed by atoms with E-state index in [4.69, 9.17) is 5.84 Å². The third kappa shape index (κ3) is 1.27. The molecule has 0 aliphatic carbocycles. The lowest BCUT2D eigenvalue weighted by Crippen LogP contribution is -2.10. The maximum Gasteiger partial charge on any atom is 0.392 e. The molecule has 1 aromatic heterocycles. The fourth-order valence-corrected chi connectivity index (χ4v) is 0.676. The summed E-state index contributed by atoms with van der Waals surface area (Å²) in [5, 5.41) is 13.7. The third-order valence-electron chi connectivity index (χ3n) is 1.20. The Bertz CT molecular complexity index is 280. The largest absolute Gasteiger partial charge is 0.392 e. The van der Waals surface area contributed by atoms with Crippen molar-refractivity contribution in [3.05, 3.63) is 16.2 Å². The first kappa shape index (κ1) is 7.48. The van der Waals surface area contributed by atoms with E-state index in [1.54, 1.807) is 7.05 Å². The van der Waals surface area contributed by atoms with Gasteiger partial charge in [-0.1, -0.05) is 0 Å². The lowest BCUT2D eigenvalue weighted by atomic mass is 10.6. The van der Waals surface area contributed by atoms with E-state index in [2.05, 4.69) is 10.5 Å². The summed E-state index contributed by atoms with van der Waals surface area (Å²) >= 11 is 0. The van der Waals surface area contributed by atoms with Gasteiger partial charge in [0.1, 0.15) is 0 Å². The molecule has 7 nitrogen and oxygen atoms in total. The van der Waals surface area contributed by atoms with Crippen LogP contribution in [-0.2, 0) is 7.05 Å². The molecule has 1 heterocycles. The Labute approximate surface area is 61.9 Å². The Morgan fingerprint density at radius 3 is 2.82 bits per heavy atom. The lowest BCUT2D eigenvalue weighted by Gasteiger charge is -1.91. The van der Waals surface area contributed by atoms with E-state index in [0.717, 1.165) is 0 Å². The molecule has 3 N–H and O–H groups in total. The van der Waals surface area contributed by atoms with Crippen molar-refractivity contribution in [3.8, 4) is 0 Å². The summed E-state index contributed by atoms with van der Waals surface area (Å²) in [5.41, 5.74) is 2.27. The van der Waals surface area contributed by atoms with Crippen molar-refractivity contribution >= 4 is 11.6 Å². The number of hydrogen-bond acceptors (Lipinski definition) is 5. The average molecular weight is 157 g/mol. The normalized spacial score (nSPS) is 9.64. The first-order valence-corrected chi connectivity index (χ1v) is 2.80. The molecule has 0 saturated heterocycles. The van der Waals surface area contributed by atoms with E-state index >= 15 is 0 Å². The minimum Gasteiger partial charge on any atom is -0.358 e. The standard InChI is InChI=1S/C4H7N5O2/c1-8-3(6-5)2-4(7-8)9(10)11/h2,6H,5H2,1H3. The summed E-state index contributed by atoms with van der Waals surface area (Å²) in [6.07, 6.45) is 0. The van der Waals surface area contributed by atoms with E-state index in [-0.39, 0.29) is 5.82 Å². The van der Waals surface area contributed by atoms with E-state index < -0.39 is 4.92 Å². The summed E-state index contributed by atoms with van der Waals surface area (Å²) in [6.45, 7) is 0. The van der Waals surface area contributed by atoms with Gasteiger partial charge in [0.25, 0.3) is 0 Å². The lowest BCUT2D eigenvalue weighted by molar-refractivity contribution is -0.389. The van der Waals surface area contributed by atoms with Gasteiger partial charge in [-0.2, -0.15) is 4.68 Å². The number of nitrogens with zero attached hydrogens (tertiary/aromatic N) is 3. The minimum atomic E-state index is -0.582. The van der Waals surface area contributed by atoms with Crippen LogP contribution in [0.15, 0.2) is 6.07 Å². The number of aromatic nitrogens is 2. The first-order valence-electron chi connectivity index (χ1n) is 2.80. The number of nitrogens with two attached hydrogens (primary N) is 1. The molecule has 0 atom stereocenters. The molecule has 1 rings (SSSR count). The number of hydrogen-bond donors (Lipinski definition) is 2. The molecule has 0 fully saturated rings. The second-order valence-corrected chi connectivity index (χ2v) is 1.91. The number of anilines is 1. The molecule has 0 amide bonds. The van der Waals surface area contributed by atoms with Crippen LogP contribution in [0.5, 0.6) is 0 Å². The maximum absolute atomic E-state index is 10.1. The molecule has 0 aromatic carbocycles. The summed E-state index contributed by atoms with van der Waals surface area (Å²) in [4.78, 5) is 9.56. The van der Waals surface area contributed by atoms with Crippen LogP contribution < -0.4 is 11.3 Å². The summed E-state index contributed by atoms with van der Waals surface area (Å²) in [5.74, 6) is 5.21. The number of nitrogens with one attached hydrogen (secondary N) is 1. The molecular weight excluding hydrogens is 150 g/mol. The number of aryl methyl sites for hydroxylation is 1. The smallest absolute Gasteiger partial charge is 0.358 e. The predicted octanol–water partition coefficient (Wildman–Crippen LogP) is -0.386. The second kappa shape index (κ2) is 2.54. The second-order valence-electron chi connectivity index (χ2n) is 1.91. The van der Waals surface area contributed by atoms with Crippen LogP contribution in [0.2, 0.25) is 0 Å². The highest BCUT2D eigenvalue weighted by molar-refractivity contribution is 5.40. The molecule has 0 aliphatic heterocycles. The van der Waals surface area contributed by atoms with Crippen molar-refractivity contribution in [2.45, 2.75) is 0 Å². The van der Waals surface area contributed by atoms with Gasteiger partial charge in [0.05, 0.1) is 18.2 Å². The van der Waals surface area contributed by atoms with E-state index in [9.17, 15) is 10.1 Å². The minimum absolute atomic E-state index is 0.222. The molecule has 0 spiro atoms. The molecule has 0 saturated carbocycles. The van der Waals surface area contributed by atoms with Gasteiger partial charge < -0.3 is 15.5 Å². The monoisotopic (exact) mass is 157 g/mol. The van der Waals surface area contributed by atoms with Gasteiger partial charge in [-0.3, -0.25) is 0 Å². The topological polar surface area (TPSA) is 99.0 Å². The van der Waals surface area contributed by atoms with E-state index in [0.29, 0.717) is 5.82 Å². The average Bonchev–Trinajstić information content (AvgIpc) is 2.31. The zero-order valence-electron chi connectivity index (χ0n) is 5.81. The van der Waals surface area contributed by atoms with Crippen LogP contribution in [0.3, 0.4) is 0 Å². The fraction of sp³-hybridized carbons (Fsp3) is 0.250. The van der Waals surface area contributed by atoms with Crippen LogP contribution >= 0.6 is 0 Å². The summed E-state index contributed by atoms with van der Waals surface area (Å²) in [7, 11) is 1.56. The first-order chi connectivity index (χ1) is 5.15. The SMILES string of the molecule is Cn1nc([N+](=O)[O-])cc1NN. The molecule has 0 radical (unpaired) electrons. The molecule has 0 unspecified atom stereocenters. The van der Waals surface area contributed by atoms with Gasteiger partial charge in [-0.15, -0.1) is 0 Å². The van der Waals surface area contributed by atoms with Crippen LogP contribution in [0.1, 0.15) is 0 Å². The fourth-order valence-electron chi connectivity index (χ4n) is 0.676. The van der Waals surface area contributed by atoms with E-state index in [1.165, 1.54) is 10.7 Å². The van der Waals surface area contributed by atoms with Gasteiger partial charge in [0.2, 0.25) is 0 Å². The molecule has 60 valence electrons. The number of nitro groups is 1. The molecule has 0 aliphatic rings. The van der Waals surface area contributed by atoms with Crippen molar-refractivity contribution in [2.24, 2.45) is 12.9 Å². The summed E-state index contributed by atoms with van der Waals surface area (Å²) in [6, 6.07) is 1.25. The predicted molar refractivity (Wildman–Crippen MR) is 37.7 cm³/mol. The quantitative estimate of drug-likeness (QED) is 0.346. The highest BCUT2D eigenvalue weighted by Crippen LogP contribution is 2.13. The Morgan fingerprint density at radius 2 is 2.55 bits per heavy atom. The van der Waals surface area contributed by atoms with Crippen LogP contribution in [0, 0.1) is 10.1 Å². The molecule has 7 heteroatoms. The summed E-state index contributed by atoms with van der Waals surface area (Å²) < 4.78 is 1.29. The zero-order valence-corrected chi connectivity index (χ0v) is 5.81. The highest BCUT2D eigenvalue weighted by Gasteiger charge is 2.13. The van der Waals surface area contributed by atoms with Gasteiger partial charge in [0, 0.05) is 0 Å². The van der Waals surface area contributed by atoms with Crippen molar-refractivity contribution < 1.29 is 4.92 Å². The zero-order chi connectivity index (χ0) is 8.43. The Balaban J connectivity index is 3.05. The van der Waals surface area contributed by atoms with Crippen LogP contribution in [0.4, 0.5) is 11.6 Å². The molecule has 11 heavy (non-hydrogen) atoms. The maximum atomic E-state index is 10.1. The third-order valence-corrected chi connectivity index (χ3v) is 1.20. The number of rotatable bonds is 2. The van der Waals surface area contributed by atoms with E-state index in [1.807, 2.05) is 0 Å². The number of hydrazine groups is 1. The highest BCUT2D eigenvalue weighted by atomic mass is 16.6. The van der Waals surface area contributed by atoms with Crippen molar-refractivity contribution in [2.75, 3.05) is 5.43 Å². The Morgan fingerprint density at radius 1 is 1.91 bits per heavy atom. The van der Waals surface area contributed by atoms with Gasteiger partial charge in [0.15, 0.2) is 5.82 Å². The molecule has 1 aromatic rings. The van der Waals surface area contributed by atoms with Crippen molar-refractivity contribution in [1.29, 1.82) is 0 Å². The Kier molecular flexibility index (Phi) is 1.73. The van der Waals surface area contributed by atoms with Gasteiger partial charge >= 0.3 is 5.82 Å². The molecule has 0 bridgehead atoms. The van der Waals surface area contributed by atoms with Crippen LogP contribution in [0.25, 0.3) is 0 Å². The van der Waals surface area contributed by atoms with Gasteiger partial charge in [-0.25, -0.2) is 5.84 Å². The van der Waals surface area contributed by atoms with Gasteiger partial charge in [-0.05, 0) is 4.92 Å². The van der Waals surface area contributed by atoms with Crippen LogP contribution in [-0.4, -0.2) is 14.7 Å². The number of nitrogen functional groups attached to an aromatic ring is 1.